The van der Waals surface area contributed by atoms with Crippen LogP contribution in [0.5, 0.6) is 5.75 Å². The molecule has 1 amide bonds. The molecule has 2 rings (SSSR count). The number of ether oxygens (including phenoxy) is 1. The molecule has 1 aromatic rings. The number of carbonyl (C=O) groups excluding carboxylic acids is 1. The Kier molecular flexibility index (Phi) is 5.05. The van der Waals surface area contributed by atoms with Gasteiger partial charge in [-0.15, -0.1) is 0 Å². The molecule has 1 aromatic carbocycles. The number of benzene rings is 1. The third-order valence-corrected chi connectivity index (χ3v) is 4.17. The highest BCUT2D eigenvalue weighted by Gasteiger charge is 2.26. The van der Waals surface area contributed by atoms with E-state index < -0.39 is 0 Å². The van der Waals surface area contributed by atoms with Crippen molar-refractivity contribution in [2.75, 3.05) is 7.11 Å². The van der Waals surface area contributed by atoms with E-state index in [1.807, 2.05) is 24.3 Å². The van der Waals surface area contributed by atoms with E-state index in [0.29, 0.717) is 5.92 Å². The van der Waals surface area contributed by atoms with Gasteiger partial charge in [-0.1, -0.05) is 38.8 Å². The van der Waals surface area contributed by atoms with Gasteiger partial charge in [0, 0.05) is 5.92 Å². The van der Waals surface area contributed by atoms with Crippen molar-refractivity contribution in [2.24, 2.45) is 11.8 Å². The van der Waals surface area contributed by atoms with E-state index in [1.54, 1.807) is 7.11 Å². The van der Waals surface area contributed by atoms with Gasteiger partial charge in [0.25, 0.3) is 0 Å². The second-order valence-corrected chi connectivity index (χ2v) is 5.98. The van der Waals surface area contributed by atoms with Gasteiger partial charge in [-0.2, -0.15) is 0 Å². The van der Waals surface area contributed by atoms with Crippen LogP contribution in [0.4, 0.5) is 0 Å². The Morgan fingerprint density at radius 1 is 1.20 bits per heavy atom. The minimum Gasteiger partial charge on any atom is -0.497 e. The van der Waals surface area contributed by atoms with Crippen LogP contribution in [0, 0.1) is 11.8 Å². The van der Waals surface area contributed by atoms with Crippen LogP contribution in [0.3, 0.4) is 0 Å². The molecular weight excluding hydrogens is 250 g/mol. The van der Waals surface area contributed by atoms with Crippen LogP contribution < -0.4 is 10.1 Å². The summed E-state index contributed by atoms with van der Waals surface area (Å²) >= 11 is 0. The van der Waals surface area contributed by atoms with Gasteiger partial charge >= 0.3 is 0 Å². The van der Waals surface area contributed by atoms with Gasteiger partial charge < -0.3 is 10.1 Å². The fraction of sp³-hybridized carbons (Fsp3) is 0.588. The monoisotopic (exact) mass is 275 g/mol. The summed E-state index contributed by atoms with van der Waals surface area (Å²) in [6.07, 6.45) is 4.46. The van der Waals surface area contributed by atoms with Crippen molar-refractivity contribution in [3.63, 3.8) is 0 Å². The Balaban J connectivity index is 2.07. The summed E-state index contributed by atoms with van der Waals surface area (Å²) < 4.78 is 5.18. The smallest absolute Gasteiger partial charge is 0.223 e. The van der Waals surface area contributed by atoms with Gasteiger partial charge in [-0.25, -0.2) is 0 Å². The topological polar surface area (TPSA) is 38.3 Å². The highest BCUT2D eigenvalue weighted by Crippen LogP contribution is 2.28. The number of methoxy groups -OCH3 is 1. The molecule has 0 radical (unpaired) electrons. The lowest BCUT2D eigenvalue weighted by atomic mass is 9.95. The quantitative estimate of drug-likeness (QED) is 0.890. The first-order chi connectivity index (χ1) is 9.61. The molecule has 0 spiro atoms. The first-order valence-electron chi connectivity index (χ1n) is 7.56. The predicted molar refractivity (Wildman–Crippen MR) is 80.7 cm³/mol. The highest BCUT2D eigenvalue weighted by atomic mass is 16.5. The van der Waals surface area contributed by atoms with Crippen LogP contribution in [-0.2, 0) is 4.79 Å². The van der Waals surface area contributed by atoms with Crippen molar-refractivity contribution in [1.82, 2.24) is 5.32 Å². The second-order valence-electron chi connectivity index (χ2n) is 5.98. The average molecular weight is 275 g/mol. The van der Waals surface area contributed by atoms with Crippen LogP contribution in [0.2, 0.25) is 0 Å². The molecule has 1 saturated carbocycles. The van der Waals surface area contributed by atoms with Crippen LogP contribution in [0.25, 0.3) is 0 Å². The maximum atomic E-state index is 12.3. The molecule has 0 heterocycles. The average Bonchev–Trinajstić information content (AvgIpc) is 2.98. The van der Waals surface area contributed by atoms with E-state index in [0.717, 1.165) is 24.2 Å². The summed E-state index contributed by atoms with van der Waals surface area (Å²) in [4.78, 5) is 12.3. The number of nitrogens with one attached hydrogen (secondary N) is 1. The largest absolute Gasteiger partial charge is 0.497 e. The molecule has 0 aromatic heterocycles. The molecule has 20 heavy (non-hydrogen) atoms. The van der Waals surface area contributed by atoms with Crippen LogP contribution in [-0.4, -0.2) is 13.0 Å². The Bertz CT molecular complexity index is 433. The fourth-order valence-electron chi connectivity index (χ4n) is 2.91. The lowest BCUT2D eigenvalue weighted by molar-refractivity contribution is -0.125. The summed E-state index contributed by atoms with van der Waals surface area (Å²) in [5, 5.41) is 3.23. The first-order valence-corrected chi connectivity index (χ1v) is 7.56. The van der Waals surface area contributed by atoms with Crippen molar-refractivity contribution in [3.05, 3.63) is 29.8 Å². The van der Waals surface area contributed by atoms with Gasteiger partial charge in [0.05, 0.1) is 13.2 Å². The summed E-state index contributed by atoms with van der Waals surface area (Å²) in [6, 6.07) is 8.06. The number of amides is 1. The maximum Gasteiger partial charge on any atom is 0.223 e. The fourth-order valence-corrected chi connectivity index (χ4v) is 2.91. The normalized spacial score (nSPS) is 17.2. The SMILES string of the molecule is COc1ccc(C(NC(=O)C2CCCC2)C(C)C)cc1. The van der Waals surface area contributed by atoms with Crippen molar-refractivity contribution >= 4 is 5.91 Å². The number of rotatable bonds is 5. The molecule has 1 aliphatic carbocycles. The third-order valence-electron chi connectivity index (χ3n) is 4.17. The molecule has 0 bridgehead atoms. The van der Waals surface area contributed by atoms with Crippen LogP contribution >= 0.6 is 0 Å². The molecular formula is C17H25NO2. The second kappa shape index (κ2) is 6.78. The summed E-state index contributed by atoms with van der Waals surface area (Å²) in [6.45, 7) is 4.29. The Morgan fingerprint density at radius 3 is 2.30 bits per heavy atom. The van der Waals surface area contributed by atoms with Gasteiger partial charge in [-0.05, 0) is 36.5 Å². The molecule has 1 aliphatic rings. The van der Waals surface area contributed by atoms with E-state index in [1.165, 1.54) is 12.8 Å². The highest BCUT2D eigenvalue weighted by molar-refractivity contribution is 5.79. The lowest BCUT2D eigenvalue weighted by Gasteiger charge is -2.24. The molecule has 0 saturated heterocycles. The van der Waals surface area contributed by atoms with E-state index in [4.69, 9.17) is 4.74 Å². The Hall–Kier alpha value is -1.51. The number of hydrogen-bond acceptors (Lipinski definition) is 2. The van der Waals surface area contributed by atoms with E-state index in [-0.39, 0.29) is 17.9 Å². The molecule has 1 unspecified atom stereocenters. The molecule has 1 atom stereocenters. The van der Waals surface area contributed by atoms with Gasteiger partial charge in [0.15, 0.2) is 0 Å². The zero-order valence-electron chi connectivity index (χ0n) is 12.7. The Morgan fingerprint density at radius 2 is 1.80 bits per heavy atom. The first kappa shape index (κ1) is 14.9. The van der Waals surface area contributed by atoms with E-state index >= 15 is 0 Å². The van der Waals surface area contributed by atoms with Crippen molar-refractivity contribution < 1.29 is 9.53 Å². The predicted octanol–water partition coefficient (Wildman–Crippen LogP) is 3.70. The summed E-state index contributed by atoms with van der Waals surface area (Å²) in [5.74, 6) is 1.65. The Labute approximate surface area is 121 Å². The maximum absolute atomic E-state index is 12.3. The molecule has 0 aliphatic heterocycles. The molecule has 3 nitrogen and oxygen atoms in total. The lowest BCUT2D eigenvalue weighted by Crippen LogP contribution is -2.35. The van der Waals surface area contributed by atoms with Gasteiger partial charge in [0.1, 0.15) is 5.75 Å². The van der Waals surface area contributed by atoms with Crippen molar-refractivity contribution in [1.29, 1.82) is 0 Å². The zero-order chi connectivity index (χ0) is 14.5. The molecule has 3 heteroatoms. The minimum atomic E-state index is 0.0778. The van der Waals surface area contributed by atoms with Crippen LogP contribution in [0.1, 0.15) is 51.1 Å². The van der Waals surface area contributed by atoms with E-state index in [2.05, 4.69) is 19.2 Å². The van der Waals surface area contributed by atoms with E-state index in [9.17, 15) is 4.79 Å². The number of hydrogen-bond donors (Lipinski definition) is 1. The van der Waals surface area contributed by atoms with Crippen LogP contribution in [0.15, 0.2) is 24.3 Å². The third kappa shape index (κ3) is 3.53. The standard InChI is InChI=1S/C17H25NO2/c1-12(2)16(13-8-10-15(20-3)11-9-13)18-17(19)14-6-4-5-7-14/h8-12,14,16H,4-7H2,1-3H3,(H,18,19). The molecule has 1 fully saturated rings. The van der Waals surface area contributed by atoms with Crippen molar-refractivity contribution in [3.8, 4) is 5.75 Å². The zero-order valence-corrected chi connectivity index (χ0v) is 12.7. The van der Waals surface area contributed by atoms with Crippen molar-refractivity contribution in [2.45, 2.75) is 45.6 Å². The molecule has 110 valence electrons. The summed E-state index contributed by atoms with van der Waals surface area (Å²) in [5.41, 5.74) is 1.15. The van der Waals surface area contributed by atoms with Gasteiger partial charge in [-0.3, -0.25) is 4.79 Å². The summed E-state index contributed by atoms with van der Waals surface area (Å²) in [7, 11) is 1.66. The minimum absolute atomic E-state index is 0.0778. The molecule has 1 N–H and O–H groups in total. The van der Waals surface area contributed by atoms with Gasteiger partial charge in [0.2, 0.25) is 5.91 Å². The number of carbonyl (C=O) groups is 1.